The maximum Gasteiger partial charge on any atom is 0.416 e. The molecule has 2 bridgehead atoms. The van der Waals surface area contributed by atoms with Gasteiger partial charge in [-0.2, -0.15) is 18.3 Å². The Bertz CT molecular complexity index is 1150. The molecule has 1 N–H and O–H groups in total. The van der Waals surface area contributed by atoms with E-state index in [9.17, 15) is 18.0 Å². The lowest BCUT2D eigenvalue weighted by atomic mass is 9.99. The van der Waals surface area contributed by atoms with E-state index < -0.39 is 17.8 Å². The molecule has 4 heterocycles. The van der Waals surface area contributed by atoms with Crippen molar-refractivity contribution in [2.75, 3.05) is 28.2 Å². The number of pyridine rings is 1. The summed E-state index contributed by atoms with van der Waals surface area (Å²) in [6.07, 6.45) is -1.21. The van der Waals surface area contributed by atoms with Crippen LogP contribution >= 0.6 is 0 Å². The van der Waals surface area contributed by atoms with Gasteiger partial charge in [0.1, 0.15) is 0 Å². The number of carbonyl (C=O) groups is 1. The fourth-order valence-electron chi connectivity index (χ4n) is 4.24. The molecular formula is C22H19F3N6O. The molecule has 5 rings (SSSR count). The molecule has 1 aromatic carbocycles. The summed E-state index contributed by atoms with van der Waals surface area (Å²) in [6.45, 7) is 1.51. The number of amides is 2. The molecule has 32 heavy (non-hydrogen) atoms. The van der Waals surface area contributed by atoms with Crippen LogP contribution in [0.1, 0.15) is 18.4 Å². The minimum Gasteiger partial charge on any atom is -0.366 e. The average molecular weight is 440 g/mol. The maximum atomic E-state index is 13.2. The van der Waals surface area contributed by atoms with E-state index >= 15 is 0 Å². The van der Waals surface area contributed by atoms with Crippen molar-refractivity contribution in [2.24, 2.45) is 0 Å². The Kier molecular flexibility index (Phi) is 4.91. The quantitative estimate of drug-likeness (QED) is 0.632. The molecular weight excluding hydrogens is 421 g/mol. The second-order valence-electron chi connectivity index (χ2n) is 7.77. The summed E-state index contributed by atoms with van der Waals surface area (Å²) >= 11 is 0. The molecule has 2 aromatic heterocycles. The molecule has 2 amide bonds. The predicted molar refractivity (Wildman–Crippen MR) is 113 cm³/mol. The van der Waals surface area contributed by atoms with Gasteiger partial charge in [0.25, 0.3) is 0 Å². The van der Waals surface area contributed by atoms with Crippen LogP contribution in [0.2, 0.25) is 0 Å². The zero-order valence-corrected chi connectivity index (χ0v) is 16.9. The summed E-state index contributed by atoms with van der Waals surface area (Å²) in [5, 5.41) is 10.4. The molecule has 0 radical (unpaired) electrons. The number of hydrogen-bond donors (Lipinski definition) is 1. The number of benzene rings is 1. The van der Waals surface area contributed by atoms with E-state index in [1.54, 1.807) is 29.2 Å². The van der Waals surface area contributed by atoms with Crippen LogP contribution in [0, 0.1) is 0 Å². The molecule has 1 fully saturated rings. The summed E-state index contributed by atoms with van der Waals surface area (Å²) < 4.78 is 39.6. The van der Waals surface area contributed by atoms with Crippen LogP contribution in [0.15, 0.2) is 54.7 Å². The summed E-state index contributed by atoms with van der Waals surface area (Å²) in [5.74, 6) is 0.739. The highest BCUT2D eigenvalue weighted by atomic mass is 19.4. The number of nitrogens with one attached hydrogen (secondary N) is 1. The predicted octanol–water partition coefficient (Wildman–Crippen LogP) is 4.58. The summed E-state index contributed by atoms with van der Waals surface area (Å²) in [6, 6.07) is 11.4. The molecule has 10 heteroatoms. The molecule has 1 saturated heterocycles. The van der Waals surface area contributed by atoms with Gasteiger partial charge in [-0.05, 0) is 49.2 Å². The third kappa shape index (κ3) is 3.72. The van der Waals surface area contributed by atoms with Crippen molar-refractivity contribution in [2.45, 2.75) is 25.1 Å². The molecule has 3 aromatic rings. The molecule has 0 aliphatic carbocycles. The Hall–Kier alpha value is -3.69. The van der Waals surface area contributed by atoms with Crippen molar-refractivity contribution in [3.63, 3.8) is 0 Å². The molecule has 1 atom stereocenters. The minimum absolute atomic E-state index is 0.0998. The topological polar surface area (TPSA) is 74.2 Å². The highest BCUT2D eigenvalue weighted by Gasteiger charge is 2.38. The van der Waals surface area contributed by atoms with Crippen LogP contribution < -0.4 is 15.1 Å². The Morgan fingerprint density at radius 2 is 2.00 bits per heavy atom. The Morgan fingerprint density at radius 3 is 2.78 bits per heavy atom. The monoisotopic (exact) mass is 440 g/mol. The van der Waals surface area contributed by atoms with Gasteiger partial charge in [0.15, 0.2) is 11.6 Å². The van der Waals surface area contributed by atoms with E-state index in [-0.39, 0.29) is 6.04 Å². The molecule has 0 spiro atoms. The summed E-state index contributed by atoms with van der Waals surface area (Å²) in [7, 11) is 0. The minimum atomic E-state index is -4.45. The van der Waals surface area contributed by atoms with Gasteiger partial charge >= 0.3 is 12.2 Å². The van der Waals surface area contributed by atoms with E-state index in [4.69, 9.17) is 0 Å². The van der Waals surface area contributed by atoms with Gasteiger partial charge in [0, 0.05) is 24.8 Å². The summed E-state index contributed by atoms with van der Waals surface area (Å²) in [4.78, 5) is 21.6. The van der Waals surface area contributed by atoms with Gasteiger partial charge in [-0.3, -0.25) is 10.2 Å². The molecule has 2 aliphatic heterocycles. The van der Waals surface area contributed by atoms with Crippen molar-refractivity contribution in [1.82, 2.24) is 15.2 Å². The van der Waals surface area contributed by atoms with Crippen LogP contribution in [-0.2, 0) is 6.18 Å². The van der Waals surface area contributed by atoms with Gasteiger partial charge in [-0.25, -0.2) is 9.78 Å². The van der Waals surface area contributed by atoms with Gasteiger partial charge in [0.05, 0.1) is 23.0 Å². The SMILES string of the molecule is O=C(Nc1cccnn1)N1c2nc(-c3cccc(C(F)(F)F)c3)ccc2N2CCC[C@@H]1C2. The first kappa shape index (κ1) is 20.2. The zero-order chi connectivity index (χ0) is 22.3. The third-order valence-electron chi connectivity index (χ3n) is 5.70. The summed E-state index contributed by atoms with van der Waals surface area (Å²) in [5.41, 5.74) is 0.745. The van der Waals surface area contributed by atoms with E-state index in [0.29, 0.717) is 29.4 Å². The van der Waals surface area contributed by atoms with E-state index in [0.717, 1.165) is 37.2 Å². The van der Waals surface area contributed by atoms with Crippen molar-refractivity contribution in [3.05, 3.63) is 60.3 Å². The standard InChI is InChI=1S/C22H19F3N6O/c23-22(24,25)15-5-1-4-14(12-15)17-8-9-18-20(27-17)31(16-6-3-11-30(18)13-16)21(32)28-19-7-2-10-26-29-19/h1-2,4-5,7-10,12,16H,3,6,11,13H2,(H,28,29,32)/t16-/m1/s1. The van der Waals surface area contributed by atoms with E-state index in [2.05, 4.69) is 25.4 Å². The van der Waals surface area contributed by atoms with Gasteiger partial charge in [-0.1, -0.05) is 12.1 Å². The van der Waals surface area contributed by atoms with Crippen LogP contribution in [-0.4, -0.2) is 40.3 Å². The van der Waals surface area contributed by atoms with Crippen LogP contribution in [0.3, 0.4) is 0 Å². The third-order valence-corrected chi connectivity index (χ3v) is 5.70. The van der Waals surface area contributed by atoms with Crippen molar-refractivity contribution in [1.29, 1.82) is 0 Å². The second-order valence-corrected chi connectivity index (χ2v) is 7.77. The van der Waals surface area contributed by atoms with E-state index in [1.165, 1.54) is 12.3 Å². The van der Waals surface area contributed by atoms with Crippen molar-refractivity contribution in [3.8, 4) is 11.3 Å². The number of carbonyl (C=O) groups excluding carboxylic acids is 1. The number of hydrogen-bond acceptors (Lipinski definition) is 5. The normalized spacial score (nSPS) is 17.7. The van der Waals surface area contributed by atoms with Gasteiger partial charge in [-0.15, -0.1) is 5.10 Å². The number of alkyl halides is 3. The number of aromatic nitrogens is 3. The number of urea groups is 1. The lowest BCUT2D eigenvalue weighted by Crippen LogP contribution is -2.56. The zero-order valence-electron chi connectivity index (χ0n) is 16.9. The molecule has 164 valence electrons. The number of piperidine rings is 1. The number of fused-ring (bicyclic) bond motifs is 4. The fraction of sp³-hybridized carbons (Fsp3) is 0.273. The first-order valence-electron chi connectivity index (χ1n) is 10.2. The number of halogens is 3. The highest BCUT2D eigenvalue weighted by molar-refractivity contribution is 6.04. The fourth-order valence-corrected chi connectivity index (χ4v) is 4.24. The van der Waals surface area contributed by atoms with Crippen LogP contribution in [0.25, 0.3) is 11.3 Å². The highest BCUT2D eigenvalue weighted by Crippen LogP contribution is 2.40. The Morgan fingerprint density at radius 1 is 1.12 bits per heavy atom. The van der Waals surface area contributed by atoms with Crippen LogP contribution in [0.4, 0.5) is 35.3 Å². The van der Waals surface area contributed by atoms with E-state index in [1.807, 2.05) is 6.07 Å². The van der Waals surface area contributed by atoms with Crippen molar-refractivity contribution >= 4 is 23.4 Å². The maximum absolute atomic E-state index is 13.2. The lowest BCUT2D eigenvalue weighted by molar-refractivity contribution is -0.137. The molecule has 0 unspecified atom stereocenters. The molecule has 0 saturated carbocycles. The van der Waals surface area contributed by atoms with Crippen LogP contribution in [0.5, 0.6) is 0 Å². The molecule has 7 nitrogen and oxygen atoms in total. The van der Waals surface area contributed by atoms with Crippen molar-refractivity contribution < 1.29 is 18.0 Å². The second kappa shape index (κ2) is 7.77. The van der Waals surface area contributed by atoms with Gasteiger partial charge in [0.2, 0.25) is 0 Å². The first-order valence-corrected chi connectivity index (χ1v) is 10.2. The number of nitrogens with zero attached hydrogens (tertiary/aromatic N) is 5. The smallest absolute Gasteiger partial charge is 0.366 e. The largest absolute Gasteiger partial charge is 0.416 e. The first-order chi connectivity index (χ1) is 15.4. The average Bonchev–Trinajstić information content (AvgIpc) is 2.79. The van der Waals surface area contributed by atoms with Gasteiger partial charge < -0.3 is 4.90 Å². The Labute approximate surface area is 181 Å². The Balaban J connectivity index is 1.55. The number of anilines is 3. The lowest BCUT2D eigenvalue weighted by Gasteiger charge is -2.45. The number of rotatable bonds is 2. The molecule has 2 aliphatic rings.